The Labute approximate surface area is 107 Å². The van der Waals surface area contributed by atoms with E-state index < -0.39 is 27.2 Å². The number of hydrogen-bond acceptors (Lipinski definition) is 4. The summed E-state index contributed by atoms with van der Waals surface area (Å²) in [6.45, 7) is 7.08. The van der Waals surface area contributed by atoms with Gasteiger partial charge in [0, 0.05) is 0 Å². The van der Waals surface area contributed by atoms with E-state index in [1.54, 1.807) is 13.8 Å². The number of nitrogens with two attached hydrogens (primary N) is 2. The number of hydrogen-bond donors (Lipinski definition) is 4. The zero-order valence-corrected chi connectivity index (χ0v) is 11.8. The van der Waals surface area contributed by atoms with Crippen molar-refractivity contribution < 1.29 is 9.59 Å². The maximum absolute atomic E-state index is 11.4. The third kappa shape index (κ3) is 2.66. The van der Waals surface area contributed by atoms with E-state index in [-0.39, 0.29) is 5.92 Å². The number of carbonyl (C=O) groups excluding carboxylic acids is 2. The van der Waals surface area contributed by atoms with Crippen LogP contribution in [0, 0.1) is 11.3 Å². The summed E-state index contributed by atoms with van der Waals surface area (Å²) < 4.78 is -1.04. The molecule has 4 N–H and O–H groups in total. The molecule has 0 heterocycles. The van der Waals surface area contributed by atoms with Crippen molar-refractivity contribution in [3.8, 4) is 0 Å². The van der Waals surface area contributed by atoms with Gasteiger partial charge in [0.25, 0.3) is 0 Å². The van der Waals surface area contributed by atoms with E-state index in [0.717, 1.165) is 0 Å². The van der Waals surface area contributed by atoms with E-state index in [1.807, 2.05) is 13.8 Å². The van der Waals surface area contributed by atoms with Gasteiger partial charge in [-0.3, -0.25) is 9.59 Å². The highest BCUT2D eigenvalue weighted by Crippen LogP contribution is 2.44. The van der Waals surface area contributed by atoms with Crippen LogP contribution >= 0.6 is 25.3 Å². The molecule has 0 saturated heterocycles. The van der Waals surface area contributed by atoms with Gasteiger partial charge in [0.15, 0.2) is 0 Å². The van der Waals surface area contributed by atoms with E-state index in [9.17, 15) is 9.59 Å². The van der Waals surface area contributed by atoms with Crippen LogP contribution in [-0.4, -0.2) is 21.8 Å². The van der Waals surface area contributed by atoms with Crippen molar-refractivity contribution in [2.75, 3.05) is 0 Å². The van der Waals surface area contributed by atoms with Crippen LogP contribution in [0.15, 0.2) is 0 Å². The molecule has 2 amide bonds. The van der Waals surface area contributed by atoms with Gasteiger partial charge in [0.1, 0.15) is 0 Å². The minimum absolute atomic E-state index is 0.233. The molecule has 0 saturated carbocycles. The fourth-order valence-electron chi connectivity index (χ4n) is 1.40. The largest absolute Gasteiger partial charge is 0.369 e. The Morgan fingerprint density at radius 1 is 1.19 bits per heavy atom. The van der Waals surface area contributed by atoms with Crippen LogP contribution < -0.4 is 11.5 Å². The number of rotatable bonds is 5. The molecule has 0 radical (unpaired) electrons. The molecular formula is C10H20N2O2S2. The van der Waals surface area contributed by atoms with Crippen molar-refractivity contribution in [3.05, 3.63) is 0 Å². The minimum atomic E-state index is -1.04. The Morgan fingerprint density at radius 3 is 1.81 bits per heavy atom. The van der Waals surface area contributed by atoms with E-state index in [1.165, 1.54) is 0 Å². The normalized spacial score (nSPS) is 19.6. The summed E-state index contributed by atoms with van der Waals surface area (Å²) >= 11 is 8.46. The SMILES string of the molecule is CC(C(S)C(N)=O)C(C)(C)C(C)(S)C(N)=O. The lowest BCUT2D eigenvalue weighted by Crippen LogP contribution is -2.54. The zero-order chi connectivity index (χ0) is 13.3. The third-order valence-electron chi connectivity index (χ3n) is 3.64. The molecule has 4 nitrogen and oxygen atoms in total. The Bertz CT molecular complexity index is 303. The molecule has 0 aliphatic heterocycles. The first kappa shape index (κ1) is 15.6. The van der Waals surface area contributed by atoms with Crippen LogP contribution in [-0.2, 0) is 9.59 Å². The first-order valence-electron chi connectivity index (χ1n) is 4.96. The molecule has 0 aliphatic carbocycles. The number of thiol groups is 2. The molecule has 0 spiro atoms. The van der Waals surface area contributed by atoms with Crippen molar-refractivity contribution in [3.63, 3.8) is 0 Å². The second-order valence-corrected chi connectivity index (χ2v) is 6.24. The maximum atomic E-state index is 11.4. The van der Waals surface area contributed by atoms with Crippen molar-refractivity contribution in [1.29, 1.82) is 0 Å². The van der Waals surface area contributed by atoms with Crippen molar-refractivity contribution in [2.24, 2.45) is 22.8 Å². The van der Waals surface area contributed by atoms with Crippen LogP contribution in [0.25, 0.3) is 0 Å². The van der Waals surface area contributed by atoms with Gasteiger partial charge < -0.3 is 11.5 Å². The zero-order valence-electron chi connectivity index (χ0n) is 10.0. The summed E-state index contributed by atoms with van der Waals surface area (Å²) in [7, 11) is 0. The Hall–Kier alpha value is -0.360. The molecule has 16 heavy (non-hydrogen) atoms. The van der Waals surface area contributed by atoms with E-state index in [2.05, 4.69) is 25.3 Å². The smallest absolute Gasteiger partial charge is 0.233 e. The monoisotopic (exact) mass is 264 g/mol. The lowest BCUT2D eigenvalue weighted by molar-refractivity contribution is -0.125. The second-order valence-electron chi connectivity index (χ2n) is 4.79. The van der Waals surface area contributed by atoms with Crippen molar-refractivity contribution in [2.45, 2.75) is 37.7 Å². The lowest BCUT2D eigenvalue weighted by Gasteiger charge is -2.44. The molecule has 6 heteroatoms. The molecule has 3 atom stereocenters. The fourth-order valence-corrected chi connectivity index (χ4v) is 1.98. The van der Waals surface area contributed by atoms with Crippen molar-refractivity contribution >= 4 is 37.1 Å². The Morgan fingerprint density at radius 2 is 1.56 bits per heavy atom. The summed E-state index contributed by atoms with van der Waals surface area (Å²) in [5.74, 6) is -1.28. The second kappa shape index (κ2) is 4.87. The van der Waals surface area contributed by atoms with Crippen LogP contribution in [0.2, 0.25) is 0 Å². The van der Waals surface area contributed by atoms with Gasteiger partial charge in [-0.2, -0.15) is 25.3 Å². The maximum Gasteiger partial charge on any atom is 0.233 e. The standard InChI is InChI=1S/C10H20N2O2S2/c1-5(6(15)7(11)13)9(2,3)10(4,16)8(12)14/h5-6,15-16H,1-4H3,(H2,11,13)(H2,12,14). The van der Waals surface area contributed by atoms with Crippen molar-refractivity contribution in [1.82, 2.24) is 0 Å². The topological polar surface area (TPSA) is 86.2 Å². The molecule has 0 rings (SSSR count). The van der Waals surface area contributed by atoms with Gasteiger partial charge in [-0.15, -0.1) is 0 Å². The number of carbonyl (C=O) groups is 2. The number of primary amides is 2. The molecule has 0 aromatic carbocycles. The summed E-state index contributed by atoms with van der Waals surface area (Å²) in [4.78, 5) is 22.5. The van der Waals surface area contributed by atoms with Gasteiger partial charge >= 0.3 is 0 Å². The minimum Gasteiger partial charge on any atom is -0.369 e. The lowest BCUT2D eigenvalue weighted by atomic mass is 9.68. The summed E-state index contributed by atoms with van der Waals surface area (Å²) in [5, 5.41) is -0.638. The first-order valence-corrected chi connectivity index (χ1v) is 5.92. The average Bonchev–Trinajstić information content (AvgIpc) is 2.14. The summed E-state index contributed by atoms with van der Waals surface area (Å²) in [5.41, 5.74) is 9.90. The van der Waals surface area contributed by atoms with Gasteiger partial charge in [-0.1, -0.05) is 20.8 Å². The van der Waals surface area contributed by atoms with Crippen LogP contribution in [0.5, 0.6) is 0 Å². The quantitative estimate of drug-likeness (QED) is 0.548. The molecule has 0 fully saturated rings. The van der Waals surface area contributed by atoms with Gasteiger partial charge in [0.05, 0.1) is 10.00 Å². The highest BCUT2D eigenvalue weighted by atomic mass is 32.1. The van der Waals surface area contributed by atoms with E-state index in [0.29, 0.717) is 0 Å². The van der Waals surface area contributed by atoms with Crippen LogP contribution in [0.1, 0.15) is 27.7 Å². The summed E-state index contributed by atoms with van der Waals surface area (Å²) in [6, 6.07) is 0. The van der Waals surface area contributed by atoms with E-state index >= 15 is 0 Å². The average molecular weight is 264 g/mol. The van der Waals surface area contributed by atoms with Gasteiger partial charge in [0.2, 0.25) is 11.8 Å². The molecule has 94 valence electrons. The predicted molar refractivity (Wildman–Crippen MR) is 71.5 cm³/mol. The highest BCUT2D eigenvalue weighted by molar-refractivity contribution is 7.83. The summed E-state index contributed by atoms with van der Waals surface area (Å²) in [6.07, 6.45) is 0. The van der Waals surface area contributed by atoms with Crippen LogP contribution in [0.3, 0.4) is 0 Å². The molecule has 3 unspecified atom stereocenters. The third-order valence-corrected chi connectivity index (χ3v) is 5.14. The first-order chi connectivity index (χ1) is 6.96. The fraction of sp³-hybridized carbons (Fsp3) is 0.800. The molecular weight excluding hydrogens is 244 g/mol. The predicted octanol–water partition coefficient (Wildman–Crippen LogP) is 0.606. The molecule has 0 aromatic heterocycles. The van der Waals surface area contributed by atoms with Crippen LogP contribution in [0.4, 0.5) is 0 Å². The van der Waals surface area contributed by atoms with E-state index in [4.69, 9.17) is 11.5 Å². The van der Waals surface area contributed by atoms with Gasteiger partial charge in [-0.05, 0) is 18.3 Å². The molecule has 0 bridgehead atoms. The number of amides is 2. The molecule has 0 aliphatic rings. The van der Waals surface area contributed by atoms with Gasteiger partial charge in [-0.25, -0.2) is 0 Å². The Balaban J connectivity index is 5.20. The Kier molecular flexibility index (Phi) is 4.76. The highest BCUT2D eigenvalue weighted by Gasteiger charge is 2.48. The molecule has 0 aromatic rings.